The van der Waals surface area contributed by atoms with Crippen molar-refractivity contribution in [1.82, 2.24) is 10.2 Å². The Hall–Kier alpha value is 0.1000. The first-order chi connectivity index (χ1) is 9.07. The van der Waals surface area contributed by atoms with Crippen LogP contribution < -0.4 is 5.32 Å². The van der Waals surface area contributed by atoms with E-state index < -0.39 is 0 Å². The van der Waals surface area contributed by atoms with Gasteiger partial charge in [0.15, 0.2) is 0 Å². The fraction of sp³-hybridized carbons (Fsp3) is 0.733. The van der Waals surface area contributed by atoms with E-state index in [9.17, 15) is 0 Å². The predicted octanol–water partition coefficient (Wildman–Crippen LogP) is 4.25. The van der Waals surface area contributed by atoms with Gasteiger partial charge in [0.25, 0.3) is 0 Å². The first-order valence-electron chi connectivity index (χ1n) is 7.28. The molecule has 2 atom stereocenters. The molecule has 1 aromatic rings. The molecular weight excluding hydrogens is 320 g/mol. The van der Waals surface area contributed by atoms with Crippen molar-refractivity contribution in [2.45, 2.75) is 58.2 Å². The summed E-state index contributed by atoms with van der Waals surface area (Å²) in [4.78, 5) is 4.14. The maximum absolute atomic E-state index is 3.73. The molecular formula is C15H25BrN2S. The Balaban J connectivity index is 2.07. The summed E-state index contributed by atoms with van der Waals surface area (Å²) in [7, 11) is 0. The molecule has 1 aliphatic rings. The number of rotatable bonds is 5. The highest BCUT2D eigenvalue weighted by molar-refractivity contribution is 9.10. The molecule has 1 fully saturated rings. The third-order valence-electron chi connectivity index (χ3n) is 4.34. The highest BCUT2D eigenvalue weighted by Gasteiger charge is 2.36. The molecule has 108 valence electrons. The molecule has 0 amide bonds. The summed E-state index contributed by atoms with van der Waals surface area (Å²) in [5.74, 6) is 0. The molecule has 4 heteroatoms. The minimum atomic E-state index is 0.292. The number of nitrogens with one attached hydrogen (secondary N) is 1. The van der Waals surface area contributed by atoms with Gasteiger partial charge in [0, 0.05) is 45.9 Å². The molecule has 0 aliphatic carbocycles. The minimum Gasteiger partial charge on any atom is -0.311 e. The van der Waals surface area contributed by atoms with Crippen LogP contribution in [0.15, 0.2) is 15.9 Å². The Bertz CT molecular complexity index is 407. The summed E-state index contributed by atoms with van der Waals surface area (Å²) in [5, 5.41) is 5.92. The molecule has 1 aromatic heterocycles. The molecule has 0 radical (unpaired) electrons. The van der Waals surface area contributed by atoms with Crippen LogP contribution in [0.1, 0.15) is 44.9 Å². The first-order valence-corrected chi connectivity index (χ1v) is 8.96. The molecule has 0 saturated carbocycles. The van der Waals surface area contributed by atoms with Crippen LogP contribution in [0, 0.1) is 0 Å². The van der Waals surface area contributed by atoms with Gasteiger partial charge in [-0.25, -0.2) is 0 Å². The zero-order valence-electron chi connectivity index (χ0n) is 12.2. The van der Waals surface area contributed by atoms with Crippen LogP contribution in [0.25, 0.3) is 0 Å². The quantitative estimate of drug-likeness (QED) is 0.858. The van der Waals surface area contributed by atoms with Crippen molar-refractivity contribution in [1.29, 1.82) is 0 Å². The highest BCUT2D eigenvalue weighted by Crippen LogP contribution is 2.29. The fourth-order valence-electron chi connectivity index (χ4n) is 2.80. The number of nitrogens with zero attached hydrogens (tertiary/aromatic N) is 1. The highest BCUT2D eigenvalue weighted by atomic mass is 79.9. The molecule has 1 saturated heterocycles. The second kappa shape index (κ2) is 6.70. The summed E-state index contributed by atoms with van der Waals surface area (Å²) in [6, 6.07) is 2.92. The Kier molecular flexibility index (Phi) is 5.46. The van der Waals surface area contributed by atoms with Gasteiger partial charge in [-0.2, -0.15) is 0 Å². The van der Waals surface area contributed by atoms with Crippen LogP contribution in [-0.2, 0) is 6.54 Å². The molecule has 2 rings (SSSR count). The van der Waals surface area contributed by atoms with Crippen molar-refractivity contribution in [3.8, 4) is 0 Å². The monoisotopic (exact) mass is 344 g/mol. The van der Waals surface area contributed by atoms with Gasteiger partial charge in [-0.1, -0.05) is 20.3 Å². The largest absolute Gasteiger partial charge is 0.311 e. The van der Waals surface area contributed by atoms with Crippen LogP contribution >= 0.6 is 27.3 Å². The summed E-state index contributed by atoms with van der Waals surface area (Å²) in [6.45, 7) is 10.3. The Morgan fingerprint density at radius 2 is 2.32 bits per heavy atom. The van der Waals surface area contributed by atoms with Crippen LogP contribution in [0.3, 0.4) is 0 Å². The van der Waals surface area contributed by atoms with Crippen molar-refractivity contribution in [2.75, 3.05) is 13.1 Å². The predicted molar refractivity (Wildman–Crippen MR) is 87.8 cm³/mol. The maximum Gasteiger partial charge on any atom is 0.0334 e. The topological polar surface area (TPSA) is 15.3 Å². The first kappa shape index (κ1) is 15.5. The van der Waals surface area contributed by atoms with E-state index in [0.29, 0.717) is 11.6 Å². The van der Waals surface area contributed by atoms with Gasteiger partial charge in [0.2, 0.25) is 0 Å². The van der Waals surface area contributed by atoms with E-state index in [1.807, 2.05) is 11.3 Å². The molecule has 2 heterocycles. The number of hydrogen-bond acceptors (Lipinski definition) is 3. The molecule has 0 bridgehead atoms. The van der Waals surface area contributed by atoms with E-state index in [2.05, 4.69) is 58.4 Å². The third-order valence-corrected chi connectivity index (χ3v) is 6.03. The van der Waals surface area contributed by atoms with Gasteiger partial charge in [0.1, 0.15) is 0 Å². The van der Waals surface area contributed by atoms with Gasteiger partial charge in [-0.3, -0.25) is 4.90 Å². The van der Waals surface area contributed by atoms with Gasteiger partial charge in [-0.15, -0.1) is 11.3 Å². The van der Waals surface area contributed by atoms with E-state index in [1.165, 1.54) is 35.2 Å². The molecule has 1 N–H and O–H groups in total. The Morgan fingerprint density at radius 3 is 2.89 bits per heavy atom. The van der Waals surface area contributed by atoms with Gasteiger partial charge < -0.3 is 5.32 Å². The molecule has 2 unspecified atom stereocenters. The summed E-state index contributed by atoms with van der Waals surface area (Å²) in [5.41, 5.74) is 0.292. The van der Waals surface area contributed by atoms with Crippen LogP contribution in [0.2, 0.25) is 0 Å². The normalized spacial score (nSPS) is 28.7. The smallest absolute Gasteiger partial charge is 0.0334 e. The lowest BCUT2D eigenvalue weighted by molar-refractivity contribution is 0.0405. The van der Waals surface area contributed by atoms with E-state index in [-0.39, 0.29) is 0 Å². The Labute approximate surface area is 129 Å². The zero-order valence-corrected chi connectivity index (χ0v) is 14.6. The lowest BCUT2D eigenvalue weighted by atomic mass is 9.91. The lowest BCUT2D eigenvalue weighted by Gasteiger charge is -2.48. The lowest BCUT2D eigenvalue weighted by Crippen LogP contribution is -2.62. The third kappa shape index (κ3) is 3.81. The SMILES string of the molecule is CCCC1CN(Cc2cc(Br)cs2)C(C)(CC)CN1. The summed E-state index contributed by atoms with van der Waals surface area (Å²) in [6.07, 6.45) is 3.74. The molecule has 1 aliphatic heterocycles. The molecule has 0 spiro atoms. The van der Waals surface area contributed by atoms with Crippen molar-refractivity contribution in [3.63, 3.8) is 0 Å². The Morgan fingerprint density at radius 1 is 1.53 bits per heavy atom. The maximum atomic E-state index is 3.73. The molecule has 0 aromatic carbocycles. The number of hydrogen-bond donors (Lipinski definition) is 1. The average Bonchev–Trinajstić information content (AvgIpc) is 2.80. The van der Waals surface area contributed by atoms with Crippen molar-refractivity contribution >= 4 is 27.3 Å². The van der Waals surface area contributed by atoms with E-state index in [0.717, 1.165) is 13.1 Å². The number of piperazine rings is 1. The van der Waals surface area contributed by atoms with E-state index in [4.69, 9.17) is 0 Å². The zero-order chi connectivity index (χ0) is 13.9. The van der Waals surface area contributed by atoms with Crippen LogP contribution in [0.5, 0.6) is 0 Å². The molecule has 2 nitrogen and oxygen atoms in total. The number of halogens is 1. The van der Waals surface area contributed by atoms with Crippen molar-refractivity contribution < 1.29 is 0 Å². The second-order valence-electron chi connectivity index (χ2n) is 5.83. The second-order valence-corrected chi connectivity index (χ2v) is 7.74. The van der Waals surface area contributed by atoms with Crippen LogP contribution in [0.4, 0.5) is 0 Å². The standard InChI is InChI=1S/C15H25BrN2S/c1-4-6-13-8-18(15(3,5-2)11-17-13)9-14-7-12(16)10-19-14/h7,10,13,17H,4-6,8-9,11H2,1-3H3. The van der Waals surface area contributed by atoms with Gasteiger partial charge in [0.05, 0.1) is 0 Å². The number of thiophene rings is 1. The summed E-state index contributed by atoms with van der Waals surface area (Å²) >= 11 is 5.42. The van der Waals surface area contributed by atoms with E-state index >= 15 is 0 Å². The van der Waals surface area contributed by atoms with Crippen molar-refractivity contribution in [2.24, 2.45) is 0 Å². The minimum absolute atomic E-state index is 0.292. The van der Waals surface area contributed by atoms with E-state index in [1.54, 1.807) is 0 Å². The van der Waals surface area contributed by atoms with Crippen LogP contribution in [-0.4, -0.2) is 29.6 Å². The van der Waals surface area contributed by atoms with Gasteiger partial charge >= 0.3 is 0 Å². The summed E-state index contributed by atoms with van der Waals surface area (Å²) < 4.78 is 1.21. The molecule has 19 heavy (non-hydrogen) atoms. The van der Waals surface area contributed by atoms with Gasteiger partial charge in [-0.05, 0) is 41.8 Å². The van der Waals surface area contributed by atoms with Crippen molar-refractivity contribution in [3.05, 3.63) is 20.8 Å². The average molecular weight is 345 g/mol. The fourth-order valence-corrected chi connectivity index (χ4v) is 4.26.